The first-order valence-electron chi connectivity index (χ1n) is 5.72. The molecule has 0 aliphatic heterocycles. The summed E-state index contributed by atoms with van der Waals surface area (Å²) >= 11 is 0. The van der Waals surface area contributed by atoms with Gasteiger partial charge in [0.05, 0.1) is 5.69 Å². The van der Waals surface area contributed by atoms with Gasteiger partial charge in [0, 0.05) is 25.7 Å². The number of benzene rings is 1. The van der Waals surface area contributed by atoms with Crippen LogP contribution in [0.5, 0.6) is 0 Å². The summed E-state index contributed by atoms with van der Waals surface area (Å²) in [6.07, 6.45) is 0. The van der Waals surface area contributed by atoms with Crippen LogP contribution in [0.1, 0.15) is 0 Å². The first-order chi connectivity index (χ1) is 8.72. The molecule has 0 aliphatic rings. The molecule has 2 rings (SSSR count). The van der Waals surface area contributed by atoms with E-state index >= 15 is 0 Å². The molecule has 0 saturated carbocycles. The van der Waals surface area contributed by atoms with E-state index in [4.69, 9.17) is 5.73 Å². The van der Waals surface area contributed by atoms with Crippen molar-refractivity contribution in [3.8, 4) is 11.3 Å². The Bertz CT molecular complexity index is 513. The Kier molecular flexibility index (Phi) is 3.84. The van der Waals surface area contributed by atoms with E-state index in [-0.39, 0.29) is 5.82 Å². The Morgan fingerprint density at radius 3 is 2.56 bits per heavy atom. The largest absolute Gasteiger partial charge is 0.357 e. The molecule has 0 bridgehead atoms. The van der Waals surface area contributed by atoms with Crippen LogP contribution in [0.3, 0.4) is 0 Å². The fourth-order valence-corrected chi connectivity index (χ4v) is 1.65. The van der Waals surface area contributed by atoms with Crippen molar-refractivity contribution in [3.63, 3.8) is 0 Å². The van der Waals surface area contributed by atoms with Gasteiger partial charge < -0.3 is 10.6 Å². The Morgan fingerprint density at radius 2 is 1.94 bits per heavy atom. The van der Waals surface area contributed by atoms with Crippen molar-refractivity contribution < 1.29 is 4.39 Å². The molecule has 0 radical (unpaired) electrons. The zero-order valence-electron chi connectivity index (χ0n) is 10.2. The number of nitrogens with two attached hydrogens (primary N) is 1. The lowest BCUT2D eigenvalue weighted by Gasteiger charge is -2.16. The van der Waals surface area contributed by atoms with Gasteiger partial charge in [-0.25, -0.2) is 4.39 Å². The van der Waals surface area contributed by atoms with Gasteiger partial charge in [0.2, 0.25) is 0 Å². The first-order valence-corrected chi connectivity index (χ1v) is 5.72. The van der Waals surface area contributed by atoms with Crippen LogP contribution in [0.25, 0.3) is 11.3 Å². The van der Waals surface area contributed by atoms with Crippen molar-refractivity contribution in [2.75, 3.05) is 25.0 Å². The Hall–Kier alpha value is -2.01. The molecule has 0 spiro atoms. The lowest BCUT2D eigenvalue weighted by atomic mass is 10.1. The Labute approximate surface area is 105 Å². The summed E-state index contributed by atoms with van der Waals surface area (Å²) in [4.78, 5) is 1.90. The van der Waals surface area contributed by atoms with Crippen molar-refractivity contribution in [3.05, 3.63) is 42.2 Å². The predicted octanol–water partition coefficient (Wildman–Crippen LogP) is 1.68. The molecule has 0 aliphatic carbocycles. The molecule has 1 heterocycles. The van der Waals surface area contributed by atoms with Gasteiger partial charge in [-0.3, -0.25) is 0 Å². The summed E-state index contributed by atoms with van der Waals surface area (Å²) in [6.45, 7) is 1.25. The van der Waals surface area contributed by atoms with E-state index in [9.17, 15) is 4.39 Å². The topological polar surface area (TPSA) is 55.0 Å². The van der Waals surface area contributed by atoms with E-state index < -0.39 is 0 Å². The molecular formula is C13H15FN4. The van der Waals surface area contributed by atoms with Gasteiger partial charge in [0.25, 0.3) is 0 Å². The maximum atomic E-state index is 13.6. The molecule has 0 amide bonds. The third-order valence-corrected chi connectivity index (χ3v) is 2.66. The summed E-state index contributed by atoms with van der Waals surface area (Å²) < 4.78 is 13.6. The molecule has 1 aromatic heterocycles. The van der Waals surface area contributed by atoms with Gasteiger partial charge in [0.1, 0.15) is 5.82 Å². The zero-order chi connectivity index (χ0) is 13.0. The minimum Gasteiger partial charge on any atom is -0.357 e. The van der Waals surface area contributed by atoms with Gasteiger partial charge in [-0.2, -0.15) is 0 Å². The monoisotopic (exact) mass is 246 g/mol. The number of nitrogens with zero attached hydrogens (tertiary/aromatic N) is 3. The first kappa shape index (κ1) is 12.4. The normalized spacial score (nSPS) is 10.4. The SMILES string of the molecule is CN(CCN)c1ccc(-c2ccccc2F)nn1. The molecule has 2 N–H and O–H groups in total. The van der Waals surface area contributed by atoms with Gasteiger partial charge in [-0.15, -0.1) is 10.2 Å². The van der Waals surface area contributed by atoms with Crippen molar-refractivity contribution in [1.82, 2.24) is 10.2 Å². The molecule has 5 heteroatoms. The maximum Gasteiger partial charge on any atom is 0.151 e. The molecule has 94 valence electrons. The summed E-state index contributed by atoms with van der Waals surface area (Å²) in [7, 11) is 1.89. The standard InChI is InChI=1S/C13H15FN4/c1-18(9-8-15)13-7-6-12(16-17-13)10-4-2-3-5-11(10)14/h2-7H,8-9,15H2,1H3. The van der Waals surface area contributed by atoms with E-state index in [1.54, 1.807) is 24.3 Å². The van der Waals surface area contributed by atoms with Crippen LogP contribution in [0, 0.1) is 5.82 Å². The van der Waals surface area contributed by atoms with Crippen LogP contribution in [0.4, 0.5) is 10.2 Å². The molecule has 4 nitrogen and oxygen atoms in total. The van der Waals surface area contributed by atoms with Crippen LogP contribution >= 0.6 is 0 Å². The smallest absolute Gasteiger partial charge is 0.151 e. The van der Waals surface area contributed by atoms with Gasteiger partial charge >= 0.3 is 0 Å². The van der Waals surface area contributed by atoms with E-state index in [0.717, 1.165) is 5.82 Å². The van der Waals surface area contributed by atoms with Crippen molar-refractivity contribution in [1.29, 1.82) is 0 Å². The number of rotatable bonds is 4. The van der Waals surface area contributed by atoms with Crippen LogP contribution in [0.2, 0.25) is 0 Å². The molecule has 18 heavy (non-hydrogen) atoms. The minimum atomic E-state index is -0.296. The number of halogens is 1. The van der Waals surface area contributed by atoms with E-state index in [1.165, 1.54) is 6.07 Å². The second-order valence-corrected chi connectivity index (χ2v) is 3.97. The van der Waals surface area contributed by atoms with Crippen molar-refractivity contribution in [2.45, 2.75) is 0 Å². The lowest BCUT2D eigenvalue weighted by Crippen LogP contribution is -2.25. The Morgan fingerprint density at radius 1 is 1.17 bits per heavy atom. The molecule has 0 atom stereocenters. The van der Waals surface area contributed by atoms with Gasteiger partial charge in [-0.1, -0.05) is 12.1 Å². The van der Waals surface area contributed by atoms with Gasteiger partial charge in [0.15, 0.2) is 5.82 Å². The average Bonchev–Trinajstić information content (AvgIpc) is 2.40. The highest BCUT2D eigenvalue weighted by molar-refractivity contribution is 5.60. The van der Waals surface area contributed by atoms with Gasteiger partial charge in [-0.05, 0) is 24.3 Å². The van der Waals surface area contributed by atoms with Crippen LogP contribution < -0.4 is 10.6 Å². The molecule has 2 aromatic rings. The van der Waals surface area contributed by atoms with E-state index in [1.807, 2.05) is 18.0 Å². The number of likely N-dealkylation sites (N-methyl/N-ethyl adjacent to an activating group) is 1. The highest BCUT2D eigenvalue weighted by Gasteiger charge is 2.07. The second kappa shape index (κ2) is 5.55. The summed E-state index contributed by atoms with van der Waals surface area (Å²) in [6, 6.07) is 10.1. The third kappa shape index (κ3) is 2.62. The number of anilines is 1. The fraction of sp³-hybridized carbons (Fsp3) is 0.231. The molecule has 0 fully saturated rings. The number of hydrogen-bond donors (Lipinski definition) is 1. The number of hydrogen-bond acceptors (Lipinski definition) is 4. The summed E-state index contributed by atoms with van der Waals surface area (Å²) in [5, 5.41) is 8.11. The third-order valence-electron chi connectivity index (χ3n) is 2.66. The quantitative estimate of drug-likeness (QED) is 0.891. The Balaban J connectivity index is 2.25. The fourth-order valence-electron chi connectivity index (χ4n) is 1.65. The summed E-state index contributed by atoms with van der Waals surface area (Å²) in [5.74, 6) is 0.426. The van der Waals surface area contributed by atoms with Crippen LogP contribution in [-0.4, -0.2) is 30.3 Å². The predicted molar refractivity (Wildman–Crippen MR) is 69.8 cm³/mol. The van der Waals surface area contributed by atoms with Crippen molar-refractivity contribution in [2.24, 2.45) is 5.73 Å². The highest BCUT2D eigenvalue weighted by atomic mass is 19.1. The summed E-state index contributed by atoms with van der Waals surface area (Å²) in [5.41, 5.74) is 6.45. The van der Waals surface area contributed by atoms with Crippen molar-refractivity contribution >= 4 is 5.82 Å². The molecule has 0 saturated heterocycles. The zero-order valence-corrected chi connectivity index (χ0v) is 10.2. The average molecular weight is 246 g/mol. The van der Waals surface area contributed by atoms with E-state index in [0.29, 0.717) is 24.3 Å². The molecular weight excluding hydrogens is 231 g/mol. The highest BCUT2D eigenvalue weighted by Crippen LogP contribution is 2.20. The van der Waals surface area contributed by atoms with E-state index in [2.05, 4.69) is 10.2 Å². The van der Waals surface area contributed by atoms with Crippen LogP contribution in [0.15, 0.2) is 36.4 Å². The second-order valence-electron chi connectivity index (χ2n) is 3.97. The maximum absolute atomic E-state index is 13.6. The van der Waals surface area contributed by atoms with Crippen LogP contribution in [-0.2, 0) is 0 Å². The minimum absolute atomic E-state index is 0.296. The number of aromatic nitrogens is 2. The molecule has 1 aromatic carbocycles. The molecule has 0 unspecified atom stereocenters. The lowest BCUT2D eigenvalue weighted by molar-refractivity contribution is 0.630.